The lowest BCUT2D eigenvalue weighted by Crippen LogP contribution is -2.38. The van der Waals surface area contributed by atoms with Crippen molar-refractivity contribution in [1.82, 2.24) is 5.32 Å². The van der Waals surface area contributed by atoms with Crippen LogP contribution < -0.4 is 5.32 Å². The van der Waals surface area contributed by atoms with Gasteiger partial charge in [-0.2, -0.15) is 0 Å². The summed E-state index contributed by atoms with van der Waals surface area (Å²) in [5, 5.41) is 13.1. The lowest BCUT2D eigenvalue weighted by molar-refractivity contribution is 0.202. The third kappa shape index (κ3) is 2.93. The van der Waals surface area contributed by atoms with E-state index in [1.165, 1.54) is 31.2 Å². The van der Waals surface area contributed by atoms with Crippen LogP contribution in [0.5, 0.6) is 0 Å². The molecule has 2 saturated carbocycles. The third-order valence-corrected chi connectivity index (χ3v) is 4.52. The molecule has 0 amide bonds. The third-order valence-electron chi connectivity index (χ3n) is 4.52. The zero-order valence-electron chi connectivity index (χ0n) is 10.9. The van der Waals surface area contributed by atoms with E-state index < -0.39 is 0 Å². The zero-order valence-corrected chi connectivity index (χ0v) is 10.9. The van der Waals surface area contributed by atoms with E-state index in [1.807, 2.05) is 0 Å². The summed E-state index contributed by atoms with van der Waals surface area (Å²) in [7, 11) is 0. The summed E-state index contributed by atoms with van der Waals surface area (Å²) in [6.45, 7) is 1.35. The van der Waals surface area contributed by atoms with Gasteiger partial charge in [0.05, 0.1) is 0 Å². The van der Waals surface area contributed by atoms with Crippen LogP contribution in [0.25, 0.3) is 0 Å². The van der Waals surface area contributed by atoms with Gasteiger partial charge in [-0.15, -0.1) is 0 Å². The number of aliphatic hydroxyl groups is 1. The van der Waals surface area contributed by atoms with Crippen LogP contribution in [0.15, 0.2) is 30.3 Å². The Morgan fingerprint density at radius 3 is 2.50 bits per heavy atom. The van der Waals surface area contributed by atoms with Crippen molar-refractivity contribution in [2.24, 2.45) is 11.3 Å². The van der Waals surface area contributed by atoms with Crippen LogP contribution in [0.1, 0.15) is 31.2 Å². The van der Waals surface area contributed by atoms with Crippen molar-refractivity contribution in [2.75, 3.05) is 13.2 Å². The standard InChI is InChI=1S/C16H23NO/c18-12-16(8-9-16)11-17-15(14-6-7-14)10-13-4-2-1-3-5-13/h1-5,14-15,17-18H,6-12H2. The molecule has 0 radical (unpaired) electrons. The second-order valence-electron chi connectivity index (χ2n) is 6.17. The SMILES string of the molecule is OCC1(CNC(Cc2ccccc2)C2CC2)CC1. The first-order chi connectivity index (χ1) is 8.81. The zero-order chi connectivity index (χ0) is 12.4. The minimum absolute atomic E-state index is 0.226. The fraction of sp³-hybridized carbons (Fsp3) is 0.625. The summed E-state index contributed by atoms with van der Waals surface area (Å²) in [5.41, 5.74) is 1.65. The van der Waals surface area contributed by atoms with Gasteiger partial charge in [0, 0.05) is 24.6 Å². The average Bonchev–Trinajstić information content (AvgIpc) is 3.29. The molecule has 18 heavy (non-hydrogen) atoms. The Balaban J connectivity index is 1.55. The number of aliphatic hydroxyl groups excluding tert-OH is 1. The Kier molecular flexibility index (Phi) is 3.40. The van der Waals surface area contributed by atoms with Crippen molar-refractivity contribution in [3.05, 3.63) is 35.9 Å². The molecule has 2 heteroatoms. The van der Waals surface area contributed by atoms with Gasteiger partial charge >= 0.3 is 0 Å². The quantitative estimate of drug-likeness (QED) is 0.773. The van der Waals surface area contributed by atoms with Gasteiger partial charge in [0.15, 0.2) is 0 Å². The first kappa shape index (κ1) is 12.2. The molecule has 2 fully saturated rings. The largest absolute Gasteiger partial charge is 0.396 e. The monoisotopic (exact) mass is 245 g/mol. The van der Waals surface area contributed by atoms with Crippen molar-refractivity contribution in [3.8, 4) is 0 Å². The van der Waals surface area contributed by atoms with E-state index in [4.69, 9.17) is 0 Å². The molecule has 0 saturated heterocycles. The van der Waals surface area contributed by atoms with E-state index in [0.717, 1.165) is 18.9 Å². The molecule has 2 aliphatic carbocycles. The van der Waals surface area contributed by atoms with Crippen LogP contribution in [0.2, 0.25) is 0 Å². The van der Waals surface area contributed by atoms with Crippen molar-refractivity contribution < 1.29 is 5.11 Å². The van der Waals surface area contributed by atoms with Gasteiger partial charge in [0.25, 0.3) is 0 Å². The molecule has 2 N–H and O–H groups in total. The minimum Gasteiger partial charge on any atom is -0.396 e. The highest BCUT2D eigenvalue weighted by Crippen LogP contribution is 2.45. The number of hydrogen-bond donors (Lipinski definition) is 2. The van der Waals surface area contributed by atoms with E-state index in [1.54, 1.807) is 0 Å². The highest BCUT2D eigenvalue weighted by atomic mass is 16.3. The fourth-order valence-corrected chi connectivity index (χ4v) is 2.69. The number of nitrogens with one attached hydrogen (secondary N) is 1. The van der Waals surface area contributed by atoms with Crippen LogP contribution in [0.4, 0.5) is 0 Å². The van der Waals surface area contributed by atoms with Crippen LogP contribution in [-0.2, 0) is 6.42 Å². The predicted molar refractivity (Wildman–Crippen MR) is 73.4 cm³/mol. The summed E-state index contributed by atoms with van der Waals surface area (Å²) in [6.07, 6.45) is 6.26. The smallest absolute Gasteiger partial charge is 0.0499 e. The molecule has 0 aromatic heterocycles. The van der Waals surface area contributed by atoms with Gasteiger partial charge in [0.1, 0.15) is 0 Å². The molecule has 2 aliphatic rings. The maximum atomic E-state index is 9.37. The van der Waals surface area contributed by atoms with Crippen LogP contribution in [0, 0.1) is 11.3 Å². The number of hydrogen-bond acceptors (Lipinski definition) is 2. The van der Waals surface area contributed by atoms with Crippen molar-refractivity contribution in [2.45, 2.75) is 38.1 Å². The number of rotatable bonds is 7. The van der Waals surface area contributed by atoms with Crippen molar-refractivity contribution >= 4 is 0 Å². The van der Waals surface area contributed by atoms with Gasteiger partial charge < -0.3 is 10.4 Å². The van der Waals surface area contributed by atoms with Crippen LogP contribution >= 0.6 is 0 Å². The van der Waals surface area contributed by atoms with E-state index >= 15 is 0 Å². The van der Waals surface area contributed by atoms with Crippen LogP contribution in [0.3, 0.4) is 0 Å². The molecule has 1 aromatic carbocycles. The Morgan fingerprint density at radius 2 is 1.94 bits per heavy atom. The van der Waals surface area contributed by atoms with E-state index in [2.05, 4.69) is 35.6 Å². The predicted octanol–water partition coefficient (Wildman–Crippen LogP) is 2.37. The highest BCUT2D eigenvalue weighted by molar-refractivity contribution is 5.16. The molecule has 1 unspecified atom stereocenters. The van der Waals surface area contributed by atoms with E-state index in [9.17, 15) is 5.11 Å². The van der Waals surface area contributed by atoms with Gasteiger partial charge in [0.2, 0.25) is 0 Å². The maximum Gasteiger partial charge on any atom is 0.0499 e. The molecule has 0 spiro atoms. The van der Waals surface area contributed by atoms with E-state index in [-0.39, 0.29) is 5.41 Å². The Morgan fingerprint density at radius 1 is 1.22 bits per heavy atom. The number of benzene rings is 1. The topological polar surface area (TPSA) is 32.3 Å². The lowest BCUT2D eigenvalue weighted by Gasteiger charge is -2.22. The molecule has 0 aliphatic heterocycles. The molecule has 1 atom stereocenters. The molecule has 98 valence electrons. The Labute approximate surface area is 109 Å². The molecule has 2 nitrogen and oxygen atoms in total. The molecule has 0 bridgehead atoms. The van der Waals surface area contributed by atoms with Gasteiger partial charge in [-0.05, 0) is 43.6 Å². The summed E-state index contributed by atoms with van der Waals surface area (Å²) in [6, 6.07) is 11.4. The fourth-order valence-electron chi connectivity index (χ4n) is 2.69. The molecular weight excluding hydrogens is 222 g/mol. The average molecular weight is 245 g/mol. The maximum absolute atomic E-state index is 9.37. The molecule has 3 rings (SSSR count). The molecule has 1 aromatic rings. The normalized spacial score (nSPS) is 22.7. The Bertz CT molecular complexity index is 381. The minimum atomic E-state index is 0.226. The van der Waals surface area contributed by atoms with E-state index in [0.29, 0.717) is 12.6 Å². The summed E-state index contributed by atoms with van der Waals surface area (Å²) < 4.78 is 0. The lowest BCUT2D eigenvalue weighted by atomic mass is 10.0. The second-order valence-corrected chi connectivity index (χ2v) is 6.17. The van der Waals surface area contributed by atoms with Crippen molar-refractivity contribution in [1.29, 1.82) is 0 Å². The second kappa shape index (κ2) is 5.02. The first-order valence-corrected chi connectivity index (χ1v) is 7.19. The summed E-state index contributed by atoms with van der Waals surface area (Å²) >= 11 is 0. The first-order valence-electron chi connectivity index (χ1n) is 7.19. The van der Waals surface area contributed by atoms with Crippen LogP contribution in [-0.4, -0.2) is 24.3 Å². The summed E-state index contributed by atoms with van der Waals surface area (Å²) in [4.78, 5) is 0. The molecular formula is C16H23NO. The summed E-state index contributed by atoms with van der Waals surface area (Å²) in [5.74, 6) is 0.861. The Hall–Kier alpha value is -0.860. The van der Waals surface area contributed by atoms with Gasteiger partial charge in [-0.1, -0.05) is 30.3 Å². The van der Waals surface area contributed by atoms with Gasteiger partial charge in [-0.25, -0.2) is 0 Å². The van der Waals surface area contributed by atoms with Crippen molar-refractivity contribution in [3.63, 3.8) is 0 Å². The highest BCUT2D eigenvalue weighted by Gasteiger charge is 2.43. The molecule has 0 heterocycles. The van der Waals surface area contributed by atoms with Gasteiger partial charge in [-0.3, -0.25) is 0 Å².